The Morgan fingerprint density at radius 3 is 2.54 bits per heavy atom. The van der Waals surface area contributed by atoms with E-state index in [-0.39, 0.29) is 31.1 Å². The molecule has 1 atom stereocenters. The average Bonchev–Trinajstić information content (AvgIpc) is 2.60. The summed E-state index contributed by atoms with van der Waals surface area (Å²) in [6.07, 6.45) is 0.646. The minimum Gasteiger partial charge on any atom is -0.489 e. The maximum atomic E-state index is 13.5. The van der Waals surface area contributed by atoms with E-state index in [1.54, 1.807) is 42.5 Å². The van der Waals surface area contributed by atoms with Crippen LogP contribution in [0.2, 0.25) is 0 Å². The molecule has 2 amide bonds. The molecule has 1 unspecified atom stereocenters. The number of urea groups is 1. The Balaban J connectivity index is 1.86. The molecular formula is C18H21FN2O3. The Morgan fingerprint density at radius 2 is 1.92 bits per heavy atom. The minimum atomic E-state index is -0.379. The fourth-order valence-corrected chi connectivity index (χ4v) is 2.04. The number of aliphatic hydroxyl groups is 1. The predicted octanol–water partition coefficient (Wildman–Crippen LogP) is 3.30. The smallest absolute Gasteiger partial charge is 0.319 e. The number of ether oxygens (including phenoxy) is 1. The lowest BCUT2D eigenvalue weighted by atomic mass is 10.2. The van der Waals surface area contributed by atoms with Crippen LogP contribution >= 0.6 is 0 Å². The lowest BCUT2D eigenvalue weighted by Crippen LogP contribution is -2.39. The van der Waals surface area contributed by atoms with Gasteiger partial charge < -0.3 is 20.5 Å². The summed E-state index contributed by atoms with van der Waals surface area (Å²) in [5, 5.41) is 14.4. The first-order valence-electron chi connectivity index (χ1n) is 7.77. The molecule has 0 radical (unpaired) electrons. The summed E-state index contributed by atoms with van der Waals surface area (Å²) in [6, 6.07) is 12.6. The molecule has 0 aliphatic carbocycles. The summed E-state index contributed by atoms with van der Waals surface area (Å²) in [5.41, 5.74) is 1.08. The van der Waals surface area contributed by atoms with Crippen LogP contribution in [0.25, 0.3) is 0 Å². The van der Waals surface area contributed by atoms with E-state index in [4.69, 9.17) is 9.84 Å². The van der Waals surface area contributed by atoms with Crippen molar-refractivity contribution in [2.75, 3.05) is 11.9 Å². The quantitative estimate of drug-likeness (QED) is 0.728. The molecule has 0 aliphatic heterocycles. The molecule has 6 heteroatoms. The van der Waals surface area contributed by atoms with E-state index in [1.807, 2.05) is 6.92 Å². The van der Waals surface area contributed by atoms with Crippen LogP contribution in [0, 0.1) is 5.82 Å². The van der Waals surface area contributed by atoms with E-state index in [1.165, 1.54) is 6.07 Å². The van der Waals surface area contributed by atoms with Crippen molar-refractivity contribution in [1.82, 2.24) is 5.32 Å². The van der Waals surface area contributed by atoms with E-state index in [9.17, 15) is 9.18 Å². The van der Waals surface area contributed by atoms with Crippen LogP contribution in [-0.4, -0.2) is 23.8 Å². The number of rotatable bonds is 7. The molecule has 0 fully saturated rings. The van der Waals surface area contributed by atoms with Crippen molar-refractivity contribution < 1.29 is 19.0 Å². The van der Waals surface area contributed by atoms with Gasteiger partial charge >= 0.3 is 6.03 Å². The highest BCUT2D eigenvalue weighted by molar-refractivity contribution is 5.89. The summed E-state index contributed by atoms with van der Waals surface area (Å²) in [5.74, 6) is 0.271. The number of hydrogen-bond acceptors (Lipinski definition) is 3. The maximum Gasteiger partial charge on any atom is 0.319 e. The van der Waals surface area contributed by atoms with Crippen molar-refractivity contribution in [2.45, 2.75) is 26.0 Å². The third kappa shape index (κ3) is 5.24. The lowest BCUT2D eigenvalue weighted by Gasteiger charge is -2.15. The SMILES string of the molecule is CCC(CO)NC(=O)Nc1ccc(OCc2ccccc2F)cc1. The third-order valence-electron chi connectivity index (χ3n) is 3.51. The molecule has 128 valence electrons. The molecule has 0 aliphatic rings. The predicted molar refractivity (Wildman–Crippen MR) is 90.5 cm³/mol. The number of aliphatic hydroxyl groups excluding tert-OH is 1. The van der Waals surface area contributed by atoms with Crippen LogP contribution < -0.4 is 15.4 Å². The Hall–Kier alpha value is -2.60. The molecule has 0 heterocycles. The topological polar surface area (TPSA) is 70.6 Å². The number of nitrogens with one attached hydrogen (secondary N) is 2. The Labute approximate surface area is 140 Å². The van der Waals surface area contributed by atoms with Crippen molar-refractivity contribution in [3.63, 3.8) is 0 Å². The fraction of sp³-hybridized carbons (Fsp3) is 0.278. The summed E-state index contributed by atoms with van der Waals surface area (Å²) < 4.78 is 19.0. The standard InChI is InChI=1S/C18H21FN2O3/c1-2-14(11-22)20-18(23)21-15-7-9-16(10-8-15)24-12-13-5-3-4-6-17(13)19/h3-10,14,22H,2,11-12H2,1H3,(H2,20,21,23). The Bertz CT molecular complexity index is 658. The van der Waals surface area contributed by atoms with Crippen LogP contribution in [0.15, 0.2) is 48.5 Å². The number of halogens is 1. The summed E-state index contributed by atoms with van der Waals surface area (Å²) in [4.78, 5) is 11.8. The molecule has 0 saturated carbocycles. The van der Waals surface area contributed by atoms with Crippen LogP contribution in [-0.2, 0) is 6.61 Å². The highest BCUT2D eigenvalue weighted by Gasteiger charge is 2.09. The van der Waals surface area contributed by atoms with Crippen molar-refractivity contribution in [1.29, 1.82) is 0 Å². The van der Waals surface area contributed by atoms with Crippen LogP contribution in [0.5, 0.6) is 5.75 Å². The summed E-state index contributed by atoms with van der Waals surface area (Å²) in [7, 11) is 0. The van der Waals surface area contributed by atoms with Gasteiger partial charge in [0.1, 0.15) is 18.2 Å². The molecule has 2 aromatic rings. The molecule has 0 spiro atoms. The van der Waals surface area contributed by atoms with E-state index >= 15 is 0 Å². The van der Waals surface area contributed by atoms with E-state index < -0.39 is 0 Å². The second kappa shape index (κ2) is 8.88. The lowest BCUT2D eigenvalue weighted by molar-refractivity contribution is 0.222. The normalized spacial score (nSPS) is 11.6. The number of carbonyl (C=O) groups excluding carboxylic acids is 1. The second-order valence-corrected chi connectivity index (χ2v) is 5.29. The number of amides is 2. The van der Waals surface area contributed by atoms with Gasteiger partial charge in [-0.2, -0.15) is 0 Å². The van der Waals surface area contributed by atoms with Gasteiger partial charge in [-0.15, -0.1) is 0 Å². The monoisotopic (exact) mass is 332 g/mol. The van der Waals surface area contributed by atoms with E-state index in [2.05, 4.69) is 10.6 Å². The van der Waals surface area contributed by atoms with Gasteiger partial charge in [0.05, 0.1) is 12.6 Å². The molecular weight excluding hydrogens is 311 g/mol. The van der Waals surface area contributed by atoms with Crippen LogP contribution in [0.1, 0.15) is 18.9 Å². The highest BCUT2D eigenvalue weighted by Crippen LogP contribution is 2.18. The van der Waals surface area contributed by atoms with Crippen molar-refractivity contribution in [3.8, 4) is 5.75 Å². The summed E-state index contributed by atoms with van der Waals surface area (Å²) >= 11 is 0. The fourth-order valence-electron chi connectivity index (χ4n) is 2.04. The molecule has 2 rings (SSSR count). The minimum absolute atomic E-state index is 0.104. The third-order valence-corrected chi connectivity index (χ3v) is 3.51. The molecule has 0 aromatic heterocycles. The molecule has 24 heavy (non-hydrogen) atoms. The maximum absolute atomic E-state index is 13.5. The second-order valence-electron chi connectivity index (χ2n) is 5.29. The Kier molecular flexibility index (Phi) is 6.57. The summed E-state index contributed by atoms with van der Waals surface area (Å²) in [6.45, 7) is 1.91. The van der Waals surface area contributed by atoms with Gasteiger partial charge in [-0.25, -0.2) is 9.18 Å². The van der Waals surface area contributed by atoms with E-state index in [0.717, 1.165) is 0 Å². The first-order chi connectivity index (χ1) is 11.6. The number of benzene rings is 2. The molecule has 2 aromatic carbocycles. The molecule has 3 N–H and O–H groups in total. The van der Waals surface area contributed by atoms with Crippen molar-refractivity contribution >= 4 is 11.7 Å². The van der Waals surface area contributed by atoms with Gasteiger partial charge in [0, 0.05) is 11.3 Å². The number of carbonyl (C=O) groups is 1. The first kappa shape index (κ1) is 17.7. The van der Waals surface area contributed by atoms with Crippen molar-refractivity contribution in [3.05, 3.63) is 59.9 Å². The van der Waals surface area contributed by atoms with Gasteiger partial charge in [-0.1, -0.05) is 25.1 Å². The van der Waals surface area contributed by atoms with Gasteiger partial charge in [-0.05, 0) is 36.8 Å². The van der Waals surface area contributed by atoms with Crippen molar-refractivity contribution in [2.24, 2.45) is 0 Å². The zero-order chi connectivity index (χ0) is 17.4. The number of hydrogen-bond donors (Lipinski definition) is 3. The average molecular weight is 332 g/mol. The van der Waals surface area contributed by atoms with Gasteiger partial charge in [0.15, 0.2) is 0 Å². The molecule has 5 nitrogen and oxygen atoms in total. The largest absolute Gasteiger partial charge is 0.489 e. The highest BCUT2D eigenvalue weighted by atomic mass is 19.1. The van der Waals surface area contributed by atoms with Gasteiger partial charge in [0.25, 0.3) is 0 Å². The number of anilines is 1. The first-order valence-corrected chi connectivity index (χ1v) is 7.77. The Morgan fingerprint density at radius 1 is 1.21 bits per heavy atom. The molecule has 0 bridgehead atoms. The van der Waals surface area contributed by atoms with Gasteiger partial charge in [-0.3, -0.25) is 0 Å². The zero-order valence-electron chi connectivity index (χ0n) is 13.5. The van der Waals surface area contributed by atoms with Crippen LogP contribution in [0.3, 0.4) is 0 Å². The van der Waals surface area contributed by atoms with Gasteiger partial charge in [0.2, 0.25) is 0 Å². The molecule has 0 saturated heterocycles. The zero-order valence-corrected chi connectivity index (χ0v) is 13.5. The van der Waals surface area contributed by atoms with Crippen LogP contribution in [0.4, 0.5) is 14.9 Å². The van der Waals surface area contributed by atoms with E-state index in [0.29, 0.717) is 23.4 Å².